The normalized spacial score (nSPS) is 20.9. The Hall–Kier alpha value is -1.14. The maximum atomic E-state index is 13.5. The standard InChI is InChI=1S/C24H44O6/c1-7-11-15-22(5,20(25)28-29-21(26)23(6)19-27-30-23)24(16-12-8-2,17-13-9-3)18-14-10-4/h7-19H2,1-6H3. The number of hydrogen-bond acceptors (Lipinski definition) is 6. The van der Waals surface area contributed by atoms with Gasteiger partial charge in [0.05, 0.1) is 5.41 Å². The maximum Gasteiger partial charge on any atom is 0.392 e. The number of rotatable bonds is 15. The van der Waals surface area contributed by atoms with E-state index in [-0.39, 0.29) is 12.0 Å². The van der Waals surface area contributed by atoms with Gasteiger partial charge in [-0.2, -0.15) is 0 Å². The van der Waals surface area contributed by atoms with Gasteiger partial charge in [-0.05, 0) is 44.9 Å². The third-order valence-corrected chi connectivity index (χ3v) is 6.88. The highest BCUT2D eigenvalue weighted by Gasteiger charge is 2.54. The van der Waals surface area contributed by atoms with E-state index in [0.717, 1.165) is 77.0 Å². The average molecular weight is 429 g/mol. The molecule has 1 heterocycles. The van der Waals surface area contributed by atoms with Crippen molar-refractivity contribution in [1.29, 1.82) is 0 Å². The Kier molecular flexibility index (Phi) is 11.3. The second kappa shape index (κ2) is 12.7. The highest BCUT2D eigenvalue weighted by molar-refractivity contribution is 5.82. The van der Waals surface area contributed by atoms with E-state index < -0.39 is 23.0 Å². The Labute approximate surface area is 183 Å². The Morgan fingerprint density at radius 1 is 0.833 bits per heavy atom. The molecule has 0 bridgehead atoms. The molecule has 30 heavy (non-hydrogen) atoms. The van der Waals surface area contributed by atoms with Gasteiger partial charge in [0, 0.05) is 0 Å². The van der Waals surface area contributed by atoms with Crippen molar-refractivity contribution in [3.05, 3.63) is 0 Å². The van der Waals surface area contributed by atoms with Gasteiger partial charge in [0.15, 0.2) is 0 Å². The van der Waals surface area contributed by atoms with E-state index in [1.54, 1.807) is 6.92 Å². The van der Waals surface area contributed by atoms with Gasteiger partial charge in [0.25, 0.3) is 0 Å². The van der Waals surface area contributed by atoms with Crippen molar-refractivity contribution in [3.63, 3.8) is 0 Å². The minimum absolute atomic E-state index is 0.0872. The molecule has 2 atom stereocenters. The Morgan fingerprint density at radius 3 is 1.63 bits per heavy atom. The molecule has 0 N–H and O–H groups in total. The molecule has 1 fully saturated rings. The van der Waals surface area contributed by atoms with E-state index >= 15 is 0 Å². The molecule has 0 saturated carbocycles. The molecule has 1 aliphatic heterocycles. The van der Waals surface area contributed by atoms with Crippen LogP contribution >= 0.6 is 0 Å². The first kappa shape index (κ1) is 26.9. The first-order valence-electron chi connectivity index (χ1n) is 12.0. The van der Waals surface area contributed by atoms with E-state index in [1.165, 1.54) is 0 Å². The molecule has 1 aliphatic rings. The van der Waals surface area contributed by atoms with Crippen LogP contribution in [0, 0.1) is 10.8 Å². The highest BCUT2D eigenvalue weighted by Crippen LogP contribution is 2.54. The second-order valence-electron chi connectivity index (χ2n) is 9.34. The molecule has 0 aromatic heterocycles. The Bertz CT molecular complexity index is 506. The van der Waals surface area contributed by atoms with Crippen molar-refractivity contribution in [3.8, 4) is 0 Å². The summed E-state index contributed by atoms with van der Waals surface area (Å²) in [7, 11) is 0. The summed E-state index contributed by atoms with van der Waals surface area (Å²) in [6, 6.07) is 0. The van der Waals surface area contributed by atoms with E-state index in [9.17, 15) is 9.59 Å². The van der Waals surface area contributed by atoms with Crippen LogP contribution in [0.25, 0.3) is 0 Å². The first-order chi connectivity index (χ1) is 14.2. The summed E-state index contributed by atoms with van der Waals surface area (Å²) >= 11 is 0. The smallest absolute Gasteiger partial charge is 0.247 e. The number of unbranched alkanes of at least 4 members (excludes halogenated alkanes) is 4. The highest BCUT2D eigenvalue weighted by atomic mass is 17.3. The average Bonchev–Trinajstić information content (AvgIpc) is 2.73. The van der Waals surface area contributed by atoms with Crippen LogP contribution in [0.5, 0.6) is 0 Å². The zero-order chi connectivity index (χ0) is 22.7. The lowest BCUT2D eigenvalue weighted by atomic mass is 9.55. The molecule has 0 aromatic carbocycles. The zero-order valence-corrected chi connectivity index (χ0v) is 20.1. The molecular weight excluding hydrogens is 384 g/mol. The van der Waals surface area contributed by atoms with Crippen molar-refractivity contribution < 1.29 is 29.1 Å². The fourth-order valence-corrected chi connectivity index (χ4v) is 4.45. The van der Waals surface area contributed by atoms with Crippen LogP contribution in [0.4, 0.5) is 0 Å². The van der Waals surface area contributed by atoms with Crippen molar-refractivity contribution in [2.24, 2.45) is 10.8 Å². The SMILES string of the molecule is CCCCC(CCCC)(CCCC)C(C)(CCCC)C(=O)OOC(=O)C1(C)COO1. The Morgan fingerprint density at radius 2 is 1.27 bits per heavy atom. The van der Waals surface area contributed by atoms with E-state index in [2.05, 4.69) is 32.6 Å². The summed E-state index contributed by atoms with van der Waals surface area (Å²) in [6.45, 7) is 12.4. The van der Waals surface area contributed by atoms with Crippen LogP contribution in [0.2, 0.25) is 0 Å². The van der Waals surface area contributed by atoms with E-state index in [0.29, 0.717) is 0 Å². The third kappa shape index (κ3) is 6.43. The third-order valence-electron chi connectivity index (χ3n) is 6.88. The first-order valence-corrected chi connectivity index (χ1v) is 12.0. The van der Waals surface area contributed by atoms with Gasteiger partial charge in [0.2, 0.25) is 5.60 Å². The lowest BCUT2D eigenvalue weighted by Crippen LogP contribution is -2.53. The largest absolute Gasteiger partial charge is 0.392 e. The van der Waals surface area contributed by atoms with Crippen LogP contribution in [-0.4, -0.2) is 24.1 Å². The van der Waals surface area contributed by atoms with Gasteiger partial charge in [-0.15, -0.1) is 0 Å². The Balaban J connectivity index is 3.15. The van der Waals surface area contributed by atoms with E-state index in [1.807, 2.05) is 6.92 Å². The molecule has 0 radical (unpaired) electrons. The molecule has 1 rings (SSSR count). The van der Waals surface area contributed by atoms with Gasteiger partial charge in [-0.3, -0.25) is 0 Å². The molecule has 0 spiro atoms. The van der Waals surface area contributed by atoms with Gasteiger partial charge < -0.3 is 0 Å². The molecule has 176 valence electrons. The summed E-state index contributed by atoms with van der Waals surface area (Å²) in [6.07, 6.45) is 12.1. The quantitative estimate of drug-likeness (QED) is 0.220. The molecule has 2 unspecified atom stereocenters. The maximum absolute atomic E-state index is 13.5. The number of carbonyl (C=O) groups excluding carboxylic acids is 2. The summed E-state index contributed by atoms with van der Waals surface area (Å²) in [5.74, 6) is -1.17. The van der Waals surface area contributed by atoms with Crippen LogP contribution in [0.1, 0.15) is 119 Å². The lowest BCUT2D eigenvalue weighted by molar-refractivity contribution is -0.459. The minimum atomic E-state index is -1.20. The molecule has 0 aliphatic carbocycles. The molecule has 0 aromatic rings. The van der Waals surface area contributed by atoms with Gasteiger partial charge in [-0.25, -0.2) is 29.1 Å². The summed E-state index contributed by atoms with van der Waals surface area (Å²) < 4.78 is 0. The molecular formula is C24H44O6. The minimum Gasteiger partial charge on any atom is -0.247 e. The second-order valence-corrected chi connectivity index (χ2v) is 9.34. The summed E-state index contributed by atoms with van der Waals surface area (Å²) in [5, 5.41) is 0. The van der Waals surface area contributed by atoms with Crippen LogP contribution < -0.4 is 0 Å². The fourth-order valence-electron chi connectivity index (χ4n) is 4.45. The van der Waals surface area contributed by atoms with Gasteiger partial charge in [-0.1, -0.05) is 79.1 Å². The van der Waals surface area contributed by atoms with E-state index in [4.69, 9.17) is 14.7 Å². The zero-order valence-electron chi connectivity index (χ0n) is 20.1. The number of carbonyl (C=O) groups is 2. The topological polar surface area (TPSA) is 71.1 Å². The van der Waals surface area contributed by atoms with Gasteiger partial charge >= 0.3 is 11.9 Å². The van der Waals surface area contributed by atoms with Crippen molar-refractivity contribution in [1.82, 2.24) is 0 Å². The fraction of sp³-hybridized carbons (Fsp3) is 0.917. The van der Waals surface area contributed by atoms with Crippen LogP contribution in [-0.2, 0) is 29.1 Å². The predicted molar refractivity (Wildman–Crippen MR) is 116 cm³/mol. The molecule has 1 saturated heterocycles. The number of hydrogen-bond donors (Lipinski definition) is 0. The van der Waals surface area contributed by atoms with Crippen molar-refractivity contribution in [2.45, 2.75) is 124 Å². The van der Waals surface area contributed by atoms with Crippen LogP contribution in [0.3, 0.4) is 0 Å². The van der Waals surface area contributed by atoms with Crippen LogP contribution in [0.15, 0.2) is 0 Å². The van der Waals surface area contributed by atoms with Gasteiger partial charge in [0.1, 0.15) is 6.61 Å². The summed E-state index contributed by atoms with van der Waals surface area (Å²) in [5.41, 5.74) is -2.07. The molecule has 6 heteroatoms. The predicted octanol–water partition coefficient (Wildman–Crippen LogP) is 6.46. The van der Waals surface area contributed by atoms with Crippen molar-refractivity contribution >= 4 is 11.9 Å². The van der Waals surface area contributed by atoms with Crippen molar-refractivity contribution in [2.75, 3.05) is 6.61 Å². The molecule has 0 amide bonds. The monoisotopic (exact) mass is 428 g/mol. The lowest BCUT2D eigenvalue weighted by Gasteiger charge is -2.48. The summed E-state index contributed by atoms with van der Waals surface area (Å²) in [4.78, 5) is 45.3. The molecule has 6 nitrogen and oxygen atoms in total.